The van der Waals surface area contributed by atoms with E-state index in [4.69, 9.17) is 14.9 Å². The fraction of sp³-hybridized carbons (Fsp3) is 0.500. The Morgan fingerprint density at radius 2 is 1.86 bits per heavy atom. The minimum atomic E-state index is -0.595. The zero-order chi connectivity index (χ0) is 16.4. The lowest BCUT2D eigenvalue weighted by molar-refractivity contribution is 0.181. The van der Waals surface area contributed by atoms with Crippen LogP contribution in [0.2, 0.25) is 0 Å². The van der Waals surface area contributed by atoms with Crippen LogP contribution in [-0.2, 0) is 0 Å². The first-order valence-electron chi connectivity index (χ1n) is 7.65. The van der Waals surface area contributed by atoms with Crippen LogP contribution in [0.25, 0.3) is 0 Å². The molecule has 0 unspecified atom stereocenters. The molecule has 0 aliphatic rings. The molecular formula is C18H26O4. The molecule has 3 N–H and O–H groups in total. The number of ether oxygens (including phenoxy) is 1. The maximum atomic E-state index is 10.2. The van der Waals surface area contributed by atoms with Crippen molar-refractivity contribution < 1.29 is 20.1 Å². The summed E-state index contributed by atoms with van der Waals surface area (Å²) in [5, 5.41) is 27.9. The van der Waals surface area contributed by atoms with Crippen molar-refractivity contribution in [2.45, 2.75) is 32.8 Å². The smallest absolute Gasteiger partial charge is 0.119 e. The van der Waals surface area contributed by atoms with Crippen LogP contribution in [0.5, 0.6) is 5.75 Å². The molecule has 1 aromatic rings. The summed E-state index contributed by atoms with van der Waals surface area (Å²) in [6.45, 7) is 4.48. The van der Waals surface area contributed by atoms with Gasteiger partial charge in [0.15, 0.2) is 0 Å². The Balaban J connectivity index is 2.64. The Labute approximate surface area is 132 Å². The summed E-state index contributed by atoms with van der Waals surface area (Å²) in [7, 11) is 0. The van der Waals surface area contributed by atoms with E-state index in [0.29, 0.717) is 24.5 Å². The number of aliphatic hydroxyl groups is 3. The summed E-state index contributed by atoms with van der Waals surface area (Å²) < 4.78 is 5.28. The van der Waals surface area contributed by atoms with Crippen LogP contribution in [0.3, 0.4) is 0 Å². The van der Waals surface area contributed by atoms with Gasteiger partial charge in [-0.3, -0.25) is 0 Å². The van der Waals surface area contributed by atoms with Crippen LogP contribution in [0, 0.1) is 5.92 Å². The third kappa shape index (κ3) is 6.46. The highest BCUT2D eigenvalue weighted by Crippen LogP contribution is 2.21. The molecule has 0 aromatic heterocycles. The lowest BCUT2D eigenvalue weighted by Crippen LogP contribution is -2.02. The number of rotatable bonds is 9. The molecule has 0 spiro atoms. The Morgan fingerprint density at radius 3 is 2.41 bits per heavy atom. The Kier molecular flexibility index (Phi) is 8.56. The second-order valence-corrected chi connectivity index (χ2v) is 5.39. The van der Waals surface area contributed by atoms with E-state index in [1.165, 1.54) is 0 Å². The lowest BCUT2D eigenvalue weighted by Gasteiger charge is -2.10. The van der Waals surface area contributed by atoms with E-state index in [1.54, 1.807) is 12.1 Å². The highest BCUT2D eigenvalue weighted by atomic mass is 16.5. The molecule has 22 heavy (non-hydrogen) atoms. The van der Waals surface area contributed by atoms with Gasteiger partial charge in [-0.25, -0.2) is 0 Å². The molecule has 0 radical (unpaired) electrons. The number of benzene rings is 1. The molecule has 0 aliphatic heterocycles. The molecule has 1 rings (SSSR count). The molecule has 4 nitrogen and oxygen atoms in total. The molecule has 0 amide bonds. The molecule has 0 aliphatic carbocycles. The van der Waals surface area contributed by atoms with Gasteiger partial charge in [0.25, 0.3) is 0 Å². The second-order valence-electron chi connectivity index (χ2n) is 5.39. The fourth-order valence-electron chi connectivity index (χ4n) is 2.04. The first kappa shape index (κ1) is 18.5. The molecule has 1 aromatic carbocycles. The van der Waals surface area contributed by atoms with Crippen LogP contribution >= 0.6 is 0 Å². The van der Waals surface area contributed by atoms with Gasteiger partial charge in [0.1, 0.15) is 12.4 Å². The molecule has 1 atom stereocenters. The summed E-state index contributed by atoms with van der Waals surface area (Å²) in [5.41, 5.74) is 5.05. The van der Waals surface area contributed by atoms with Gasteiger partial charge in [-0.05, 0) is 41.7 Å². The summed E-state index contributed by atoms with van der Waals surface area (Å²) in [6.07, 6.45) is 2.31. The summed E-state index contributed by atoms with van der Waals surface area (Å²) >= 11 is 0. The maximum absolute atomic E-state index is 10.2. The average Bonchev–Trinajstić information content (AvgIpc) is 2.52. The minimum absolute atomic E-state index is 0.0203. The zero-order valence-corrected chi connectivity index (χ0v) is 13.3. The van der Waals surface area contributed by atoms with E-state index >= 15 is 0 Å². The van der Waals surface area contributed by atoms with Gasteiger partial charge in [0.05, 0.1) is 12.7 Å². The Bertz CT molecular complexity index is 484. The molecule has 0 saturated carbocycles. The normalized spacial score (nSPS) is 11.9. The third-order valence-corrected chi connectivity index (χ3v) is 3.33. The molecule has 0 saturated heterocycles. The van der Waals surface area contributed by atoms with Gasteiger partial charge in [-0.1, -0.05) is 26.0 Å². The largest absolute Gasteiger partial charge is 0.491 e. The van der Waals surface area contributed by atoms with Gasteiger partial charge >= 0.3 is 0 Å². The van der Waals surface area contributed by atoms with Crippen molar-refractivity contribution in [3.05, 3.63) is 47.2 Å². The average molecular weight is 306 g/mol. The number of aliphatic hydroxyl groups excluding tert-OH is 3. The van der Waals surface area contributed by atoms with Crippen LogP contribution < -0.4 is 4.74 Å². The van der Waals surface area contributed by atoms with Gasteiger partial charge in [-0.15, -0.1) is 5.73 Å². The van der Waals surface area contributed by atoms with E-state index in [2.05, 4.69) is 19.6 Å². The number of hydrogen-bond donors (Lipinski definition) is 3. The van der Waals surface area contributed by atoms with Crippen molar-refractivity contribution >= 4 is 0 Å². The van der Waals surface area contributed by atoms with Gasteiger partial charge in [0, 0.05) is 13.0 Å². The van der Waals surface area contributed by atoms with Gasteiger partial charge in [0.2, 0.25) is 0 Å². The predicted molar refractivity (Wildman–Crippen MR) is 86.7 cm³/mol. The first-order chi connectivity index (χ1) is 10.6. The van der Waals surface area contributed by atoms with Crippen molar-refractivity contribution in [3.63, 3.8) is 0 Å². The molecule has 4 heteroatoms. The van der Waals surface area contributed by atoms with E-state index in [0.717, 1.165) is 11.1 Å². The van der Waals surface area contributed by atoms with E-state index in [-0.39, 0.29) is 19.8 Å². The van der Waals surface area contributed by atoms with E-state index < -0.39 is 6.10 Å². The van der Waals surface area contributed by atoms with Crippen molar-refractivity contribution in [2.24, 2.45) is 5.92 Å². The minimum Gasteiger partial charge on any atom is -0.491 e. The molecule has 0 heterocycles. The van der Waals surface area contributed by atoms with Crippen molar-refractivity contribution in [2.75, 3.05) is 19.8 Å². The predicted octanol–water partition coefficient (Wildman–Crippen LogP) is 2.60. The van der Waals surface area contributed by atoms with Crippen LogP contribution in [0.1, 0.15) is 38.4 Å². The molecule has 0 bridgehead atoms. The summed E-state index contributed by atoms with van der Waals surface area (Å²) in [6, 6.07) is 7.18. The summed E-state index contributed by atoms with van der Waals surface area (Å²) in [4.78, 5) is 0. The standard InChI is InChI=1S/C18H26O4/c1-14(2)15(10-11-19)4-3-5-18(21)16-6-8-17(9-7-16)22-13-12-20/h3,6-9,14,18-21H,5,10-13H2,1-2H3/t4?,18-/m0/s1. The highest BCUT2D eigenvalue weighted by Gasteiger charge is 2.06. The topological polar surface area (TPSA) is 69.9 Å². The zero-order valence-electron chi connectivity index (χ0n) is 13.3. The fourth-order valence-corrected chi connectivity index (χ4v) is 2.04. The highest BCUT2D eigenvalue weighted by molar-refractivity contribution is 5.28. The summed E-state index contributed by atoms with van der Waals surface area (Å²) in [5.74, 6) is 1.01. The third-order valence-electron chi connectivity index (χ3n) is 3.33. The molecular weight excluding hydrogens is 280 g/mol. The van der Waals surface area contributed by atoms with Crippen molar-refractivity contribution in [1.29, 1.82) is 0 Å². The van der Waals surface area contributed by atoms with Gasteiger partial charge < -0.3 is 20.1 Å². The SMILES string of the molecule is CC(C)C(=C=CC[C@H](O)c1ccc(OCCO)cc1)CCO. The Hall–Kier alpha value is -1.58. The van der Waals surface area contributed by atoms with Crippen LogP contribution in [0.15, 0.2) is 41.6 Å². The monoisotopic (exact) mass is 306 g/mol. The number of hydrogen-bond acceptors (Lipinski definition) is 4. The Morgan fingerprint density at radius 1 is 1.18 bits per heavy atom. The van der Waals surface area contributed by atoms with Crippen LogP contribution in [-0.4, -0.2) is 35.1 Å². The quantitative estimate of drug-likeness (QED) is 0.613. The van der Waals surface area contributed by atoms with E-state index in [9.17, 15) is 5.11 Å². The first-order valence-corrected chi connectivity index (χ1v) is 7.65. The van der Waals surface area contributed by atoms with Crippen molar-refractivity contribution in [3.8, 4) is 5.75 Å². The molecule has 0 fully saturated rings. The lowest BCUT2D eigenvalue weighted by atomic mass is 10.0. The van der Waals surface area contributed by atoms with Crippen LogP contribution in [0.4, 0.5) is 0 Å². The van der Waals surface area contributed by atoms with Crippen molar-refractivity contribution in [1.82, 2.24) is 0 Å². The van der Waals surface area contributed by atoms with Gasteiger partial charge in [-0.2, -0.15) is 0 Å². The second kappa shape index (κ2) is 10.2. The molecule has 122 valence electrons. The maximum Gasteiger partial charge on any atom is 0.119 e. The van der Waals surface area contributed by atoms with E-state index in [1.807, 2.05) is 18.2 Å².